The number of benzene rings is 2. The van der Waals surface area contributed by atoms with E-state index in [1.807, 2.05) is 36.4 Å². The van der Waals surface area contributed by atoms with Crippen molar-refractivity contribution in [1.29, 1.82) is 0 Å². The highest BCUT2D eigenvalue weighted by Gasteiger charge is 1.90. The molecular weight excluding hydrogens is 259 g/mol. The maximum Gasteiger partial charge on any atom is 0.113 e. The lowest BCUT2D eigenvalue weighted by molar-refractivity contribution is 1.61. The molecular formula is C14H10BBr. The molecule has 0 aliphatic carbocycles. The molecule has 0 fully saturated rings. The molecule has 0 amide bonds. The highest BCUT2D eigenvalue weighted by atomic mass is 79.9. The lowest BCUT2D eigenvalue weighted by Gasteiger charge is -1.97. The fourth-order valence-electron chi connectivity index (χ4n) is 1.47. The Morgan fingerprint density at radius 2 is 1.50 bits per heavy atom. The molecule has 2 aromatic rings. The minimum atomic E-state index is 0.788. The van der Waals surface area contributed by atoms with Crippen LogP contribution in [0.1, 0.15) is 11.1 Å². The van der Waals surface area contributed by atoms with Gasteiger partial charge in [-0.05, 0) is 23.3 Å². The Bertz CT molecular complexity index is 470. The van der Waals surface area contributed by atoms with Gasteiger partial charge >= 0.3 is 0 Å². The Morgan fingerprint density at radius 1 is 0.875 bits per heavy atom. The molecule has 0 bridgehead atoms. The van der Waals surface area contributed by atoms with Crippen LogP contribution in [0.2, 0.25) is 0 Å². The van der Waals surface area contributed by atoms with Crippen LogP contribution in [0.15, 0.2) is 53.0 Å². The zero-order chi connectivity index (χ0) is 11.4. The summed E-state index contributed by atoms with van der Waals surface area (Å²) in [5.74, 6) is 0. The number of rotatable bonds is 2. The van der Waals surface area contributed by atoms with Crippen LogP contribution < -0.4 is 5.46 Å². The molecule has 2 radical (unpaired) electrons. The molecule has 0 saturated carbocycles. The van der Waals surface area contributed by atoms with Gasteiger partial charge in [0.25, 0.3) is 0 Å². The predicted octanol–water partition coefficient (Wildman–Crippen LogP) is 3.41. The minimum Gasteiger partial charge on any atom is -0.0961 e. The SMILES string of the molecule is [B]c1cccc(/C=C/c2cccc(Br)c2)c1. The van der Waals surface area contributed by atoms with Crippen molar-refractivity contribution >= 4 is 41.4 Å². The van der Waals surface area contributed by atoms with E-state index in [9.17, 15) is 0 Å². The monoisotopic (exact) mass is 268 g/mol. The predicted molar refractivity (Wildman–Crippen MR) is 74.9 cm³/mol. The van der Waals surface area contributed by atoms with Crippen LogP contribution in [-0.2, 0) is 0 Å². The van der Waals surface area contributed by atoms with Gasteiger partial charge in [0.1, 0.15) is 7.85 Å². The van der Waals surface area contributed by atoms with Gasteiger partial charge in [-0.25, -0.2) is 0 Å². The topological polar surface area (TPSA) is 0 Å². The molecule has 2 heteroatoms. The van der Waals surface area contributed by atoms with Crippen molar-refractivity contribution < 1.29 is 0 Å². The summed E-state index contributed by atoms with van der Waals surface area (Å²) in [4.78, 5) is 0. The van der Waals surface area contributed by atoms with Crippen LogP contribution in [0.3, 0.4) is 0 Å². The number of hydrogen-bond acceptors (Lipinski definition) is 0. The molecule has 0 aliphatic rings. The minimum absolute atomic E-state index is 0.788. The molecule has 2 rings (SSSR count). The first-order valence-electron chi connectivity index (χ1n) is 5.03. The largest absolute Gasteiger partial charge is 0.113 e. The molecule has 0 nitrogen and oxygen atoms in total. The van der Waals surface area contributed by atoms with E-state index in [1.54, 1.807) is 0 Å². The van der Waals surface area contributed by atoms with Gasteiger partial charge in [-0.15, -0.1) is 0 Å². The standard InChI is InChI=1S/C14H10BBr/c15-13-5-1-3-11(9-13)7-8-12-4-2-6-14(16)10-12/h1-10H/b8-7+. The van der Waals surface area contributed by atoms with Gasteiger partial charge in [-0.3, -0.25) is 0 Å². The van der Waals surface area contributed by atoms with Crippen LogP contribution >= 0.6 is 15.9 Å². The van der Waals surface area contributed by atoms with E-state index in [0.29, 0.717) is 0 Å². The number of hydrogen-bond donors (Lipinski definition) is 0. The molecule has 0 spiro atoms. The molecule has 0 N–H and O–H groups in total. The molecule has 0 atom stereocenters. The Kier molecular flexibility index (Phi) is 3.63. The fraction of sp³-hybridized carbons (Fsp3) is 0. The van der Waals surface area contributed by atoms with Gasteiger partial charge in [-0.1, -0.05) is 69.9 Å². The molecule has 0 heterocycles. The van der Waals surface area contributed by atoms with E-state index in [-0.39, 0.29) is 0 Å². The first-order chi connectivity index (χ1) is 7.74. The third-order valence-corrected chi connectivity index (χ3v) is 2.72. The summed E-state index contributed by atoms with van der Waals surface area (Å²) in [5.41, 5.74) is 3.06. The molecule has 2 aromatic carbocycles. The Labute approximate surface area is 106 Å². The van der Waals surface area contributed by atoms with Crippen LogP contribution in [0.4, 0.5) is 0 Å². The van der Waals surface area contributed by atoms with Crippen molar-refractivity contribution in [3.63, 3.8) is 0 Å². The van der Waals surface area contributed by atoms with E-state index in [4.69, 9.17) is 7.85 Å². The van der Waals surface area contributed by atoms with Crippen LogP contribution in [0.25, 0.3) is 12.2 Å². The lowest BCUT2D eigenvalue weighted by Crippen LogP contribution is -1.99. The smallest absolute Gasteiger partial charge is 0.0961 e. The van der Waals surface area contributed by atoms with Gasteiger partial charge in [0.05, 0.1) is 0 Å². The second-order valence-corrected chi connectivity index (χ2v) is 4.47. The van der Waals surface area contributed by atoms with E-state index >= 15 is 0 Å². The van der Waals surface area contributed by atoms with Crippen LogP contribution in [0.5, 0.6) is 0 Å². The molecule has 0 aliphatic heterocycles. The van der Waals surface area contributed by atoms with E-state index in [1.165, 1.54) is 0 Å². The summed E-state index contributed by atoms with van der Waals surface area (Å²) in [5, 5.41) is 0. The summed E-state index contributed by atoms with van der Waals surface area (Å²) in [7, 11) is 5.71. The van der Waals surface area contributed by atoms with Crippen LogP contribution in [0, 0.1) is 0 Å². The van der Waals surface area contributed by atoms with Crippen molar-refractivity contribution in [2.75, 3.05) is 0 Å². The average molecular weight is 269 g/mol. The fourth-order valence-corrected chi connectivity index (χ4v) is 1.88. The van der Waals surface area contributed by atoms with Gasteiger partial charge in [0.2, 0.25) is 0 Å². The second-order valence-electron chi connectivity index (χ2n) is 3.56. The van der Waals surface area contributed by atoms with Crippen molar-refractivity contribution in [3.8, 4) is 0 Å². The molecule has 0 aromatic heterocycles. The summed E-state index contributed by atoms with van der Waals surface area (Å²) in [6.45, 7) is 0. The average Bonchev–Trinajstić information content (AvgIpc) is 2.27. The zero-order valence-corrected chi connectivity index (χ0v) is 10.3. The van der Waals surface area contributed by atoms with Crippen molar-refractivity contribution in [1.82, 2.24) is 0 Å². The third kappa shape index (κ3) is 3.11. The lowest BCUT2D eigenvalue weighted by atomic mass is 9.94. The summed E-state index contributed by atoms with van der Waals surface area (Å²) >= 11 is 3.45. The number of halogens is 1. The highest BCUT2D eigenvalue weighted by Crippen LogP contribution is 2.14. The van der Waals surface area contributed by atoms with Gasteiger partial charge in [0, 0.05) is 4.47 Å². The Balaban J connectivity index is 2.21. The van der Waals surface area contributed by atoms with Gasteiger partial charge in [-0.2, -0.15) is 0 Å². The van der Waals surface area contributed by atoms with Crippen molar-refractivity contribution in [2.24, 2.45) is 0 Å². The first kappa shape index (κ1) is 11.2. The Hall–Kier alpha value is -1.28. The van der Waals surface area contributed by atoms with Crippen molar-refractivity contribution in [2.45, 2.75) is 0 Å². The molecule has 0 unspecified atom stereocenters. The molecule has 0 saturated heterocycles. The zero-order valence-electron chi connectivity index (χ0n) is 8.73. The maximum atomic E-state index is 5.71. The van der Waals surface area contributed by atoms with Crippen molar-refractivity contribution in [3.05, 3.63) is 64.1 Å². The second kappa shape index (κ2) is 5.17. The maximum absolute atomic E-state index is 5.71. The third-order valence-electron chi connectivity index (χ3n) is 2.23. The highest BCUT2D eigenvalue weighted by molar-refractivity contribution is 9.10. The van der Waals surface area contributed by atoms with Crippen LogP contribution in [-0.4, -0.2) is 7.85 Å². The van der Waals surface area contributed by atoms with E-state index in [0.717, 1.165) is 21.1 Å². The first-order valence-corrected chi connectivity index (χ1v) is 5.82. The molecule has 16 heavy (non-hydrogen) atoms. The quantitative estimate of drug-likeness (QED) is 0.579. The Morgan fingerprint density at radius 3 is 2.12 bits per heavy atom. The summed E-state index contributed by atoms with van der Waals surface area (Å²) in [6, 6.07) is 16.0. The van der Waals surface area contributed by atoms with E-state index in [2.05, 4.69) is 40.2 Å². The van der Waals surface area contributed by atoms with Gasteiger partial charge in [0.15, 0.2) is 0 Å². The molecule has 76 valence electrons. The van der Waals surface area contributed by atoms with Gasteiger partial charge < -0.3 is 0 Å². The summed E-state index contributed by atoms with van der Waals surface area (Å²) in [6.07, 6.45) is 4.12. The summed E-state index contributed by atoms with van der Waals surface area (Å²) < 4.78 is 1.09. The normalized spacial score (nSPS) is 10.8. The van der Waals surface area contributed by atoms with E-state index < -0.39 is 0 Å².